The summed E-state index contributed by atoms with van der Waals surface area (Å²) in [5.74, 6) is 2.14. The number of hydrogen-bond acceptors (Lipinski definition) is 3. The third-order valence-corrected chi connectivity index (χ3v) is 4.50. The molecule has 0 aliphatic rings. The molecule has 0 saturated heterocycles. The quantitative estimate of drug-likeness (QED) is 0.552. The van der Waals surface area contributed by atoms with Crippen LogP contribution in [-0.4, -0.2) is 21.3 Å². The molecule has 0 aliphatic heterocycles. The van der Waals surface area contributed by atoms with E-state index >= 15 is 0 Å². The molecule has 27 heavy (non-hydrogen) atoms. The fourth-order valence-corrected chi connectivity index (χ4v) is 3.15. The van der Waals surface area contributed by atoms with E-state index in [1.165, 1.54) is 0 Å². The van der Waals surface area contributed by atoms with E-state index < -0.39 is 0 Å². The molecular weight excluding hydrogens is 336 g/mol. The fourth-order valence-electron chi connectivity index (χ4n) is 3.15. The summed E-state index contributed by atoms with van der Waals surface area (Å²) >= 11 is 0. The van der Waals surface area contributed by atoms with Crippen LogP contribution in [0.1, 0.15) is 22.6 Å². The minimum absolute atomic E-state index is 0.0257. The standard InChI is InChI=1S/C24H24O3/c1-25-20-16-22(26-2)24(23(17-20)27-3)21(19-12-8-5-9-13-19)15-14-18-10-6-4-7-11-18/h4-17,21H,1-3H3/b15-14+. The smallest absolute Gasteiger partial charge is 0.130 e. The highest BCUT2D eigenvalue weighted by molar-refractivity contribution is 5.60. The van der Waals surface area contributed by atoms with E-state index in [0.717, 1.165) is 28.2 Å². The first-order valence-electron chi connectivity index (χ1n) is 8.85. The predicted octanol–water partition coefficient (Wildman–Crippen LogP) is 5.56. The number of hydrogen-bond donors (Lipinski definition) is 0. The zero-order valence-corrected chi connectivity index (χ0v) is 15.9. The molecule has 3 rings (SSSR count). The molecule has 0 spiro atoms. The first kappa shape index (κ1) is 18.6. The van der Waals surface area contributed by atoms with Gasteiger partial charge in [-0.3, -0.25) is 0 Å². The lowest BCUT2D eigenvalue weighted by Gasteiger charge is -2.21. The van der Waals surface area contributed by atoms with Gasteiger partial charge in [-0.25, -0.2) is 0 Å². The van der Waals surface area contributed by atoms with Gasteiger partial charge in [0.25, 0.3) is 0 Å². The van der Waals surface area contributed by atoms with E-state index in [9.17, 15) is 0 Å². The lowest BCUT2D eigenvalue weighted by molar-refractivity contribution is 0.368. The third-order valence-electron chi connectivity index (χ3n) is 4.50. The maximum absolute atomic E-state index is 5.69. The topological polar surface area (TPSA) is 27.7 Å². The average Bonchev–Trinajstić information content (AvgIpc) is 2.75. The molecule has 0 saturated carbocycles. The Morgan fingerprint density at radius 2 is 1.26 bits per heavy atom. The first-order chi connectivity index (χ1) is 13.3. The average molecular weight is 360 g/mol. The second-order valence-electron chi connectivity index (χ2n) is 6.10. The number of allylic oxidation sites excluding steroid dienone is 1. The molecule has 0 aliphatic carbocycles. The normalized spacial score (nSPS) is 12.0. The van der Waals surface area contributed by atoms with Crippen molar-refractivity contribution in [2.45, 2.75) is 5.92 Å². The summed E-state index contributed by atoms with van der Waals surface area (Å²) < 4.78 is 16.8. The predicted molar refractivity (Wildman–Crippen MR) is 110 cm³/mol. The van der Waals surface area contributed by atoms with Gasteiger partial charge in [0, 0.05) is 23.6 Å². The van der Waals surface area contributed by atoms with Crippen molar-refractivity contribution in [2.75, 3.05) is 21.3 Å². The monoisotopic (exact) mass is 360 g/mol. The maximum atomic E-state index is 5.69. The van der Waals surface area contributed by atoms with Crippen LogP contribution in [0.2, 0.25) is 0 Å². The van der Waals surface area contributed by atoms with Crippen molar-refractivity contribution in [1.29, 1.82) is 0 Å². The second-order valence-corrected chi connectivity index (χ2v) is 6.10. The summed E-state index contributed by atoms with van der Waals surface area (Å²) in [6.07, 6.45) is 4.30. The zero-order chi connectivity index (χ0) is 19.1. The van der Waals surface area contributed by atoms with Crippen molar-refractivity contribution in [3.8, 4) is 17.2 Å². The Morgan fingerprint density at radius 3 is 1.78 bits per heavy atom. The molecule has 1 atom stereocenters. The van der Waals surface area contributed by atoms with Crippen LogP contribution < -0.4 is 14.2 Å². The minimum Gasteiger partial charge on any atom is -0.496 e. The summed E-state index contributed by atoms with van der Waals surface area (Å²) in [6.45, 7) is 0. The second kappa shape index (κ2) is 8.95. The van der Waals surface area contributed by atoms with E-state index in [1.807, 2.05) is 48.5 Å². The Kier molecular flexibility index (Phi) is 6.16. The fraction of sp³-hybridized carbons (Fsp3) is 0.167. The highest BCUT2D eigenvalue weighted by atomic mass is 16.5. The Bertz CT molecular complexity index is 861. The van der Waals surface area contributed by atoms with Crippen molar-refractivity contribution in [2.24, 2.45) is 0 Å². The van der Waals surface area contributed by atoms with Gasteiger partial charge in [-0.2, -0.15) is 0 Å². The molecule has 138 valence electrons. The number of rotatable bonds is 7. The van der Waals surface area contributed by atoms with Crippen molar-refractivity contribution in [1.82, 2.24) is 0 Å². The Hall–Kier alpha value is -3.20. The molecule has 0 radical (unpaired) electrons. The molecule has 0 aromatic heterocycles. The molecule has 0 fully saturated rings. The minimum atomic E-state index is -0.0257. The molecule has 3 heteroatoms. The van der Waals surface area contributed by atoms with Crippen LogP contribution in [0.15, 0.2) is 78.9 Å². The molecule has 3 nitrogen and oxygen atoms in total. The van der Waals surface area contributed by atoms with Crippen LogP contribution >= 0.6 is 0 Å². The Labute approximate surface area is 160 Å². The van der Waals surface area contributed by atoms with Crippen LogP contribution in [0.5, 0.6) is 17.2 Å². The Morgan fingerprint density at radius 1 is 0.704 bits per heavy atom. The van der Waals surface area contributed by atoms with E-state index in [2.05, 4.69) is 36.4 Å². The summed E-state index contributed by atoms with van der Waals surface area (Å²) in [5.41, 5.74) is 3.27. The van der Waals surface area contributed by atoms with Crippen molar-refractivity contribution >= 4 is 6.08 Å². The summed E-state index contributed by atoms with van der Waals surface area (Å²) in [7, 11) is 4.97. The van der Waals surface area contributed by atoms with Gasteiger partial charge in [0.1, 0.15) is 17.2 Å². The Balaban J connectivity index is 2.15. The van der Waals surface area contributed by atoms with Gasteiger partial charge < -0.3 is 14.2 Å². The number of methoxy groups -OCH3 is 3. The number of ether oxygens (including phenoxy) is 3. The summed E-state index contributed by atoms with van der Waals surface area (Å²) in [6, 6.07) is 24.4. The van der Waals surface area contributed by atoms with E-state index in [-0.39, 0.29) is 5.92 Å². The highest BCUT2D eigenvalue weighted by Gasteiger charge is 2.22. The van der Waals surface area contributed by atoms with Crippen LogP contribution in [0.25, 0.3) is 6.08 Å². The SMILES string of the molecule is COc1cc(OC)c(C(/C=C/c2ccccc2)c2ccccc2)c(OC)c1. The van der Waals surface area contributed by atoms with Crippen LogP contribution in [0, 0.1) is 0 Å². The maximum Gasteiger partial charge on any atom is 0.130 e. The van der Waals surface area contributed by atoms with Gasteiger partial charge in [0.15, 0.2) is 0 Å². The zero-order valence-electron chi connectivity index (χ0n) is 15.9. The lowest BCUT2D eigenvalue weighted by atomic mass is 9.88. The third kappa shape index (κ3) is 4.32. The molecule has 0 heterocycles. The van der Waals surface area contributed by atoms with Crippen molar-refractivity contribution < 1.29 is 14.2 Å². The van der Waals surface area contributed by atoms with Crippen LogP contribution in [-0.2, 0) is 0 Å². The molecule has 0 amide bonds. The largest absolute Gasteiger partial charge is 0.496 e. The molecule has 0 bridgehead atoms. The molecule has 3 aromatic rings. The van der Waals surface area contributed by atoms with Gasteiger partial charge in [-0.05, 0) is 11.1 Å². The first-order valence-corrected chi connectivity index (χ1v) is 8.85. The number of benzene rings is 3. The molecule has 3 aromatic carbocycles. The van der Waals surface area contributed by atoms with Gasteiger partial charge in [0.05, 0.1) is 21.3 Å². The summed E-state index contributed by atoms with van der Waals surface area (Å²) in [5, 5.41) is 0. The van der Waals surface area contributed by atoms with E-state index in [4.69, 9.17) is 14.2 Å². The molecule has 1 unspecified atom stereocenters. The molecule has 0 N–H and O–H groups in total. The van der Waals surface area contributed by atoms with E-state index in [1.54, 1.807) is 21.3 Å². The van der Waals surface area contributed by atoms with Crippen molar-refractivity contribution in [3.05, 3.63) is 95.6 Å². The van der Waals surface area contributed by atoms with Gasteiger partial charge in [-0.1, -0.05) is 72.8 Å². The van der Waals surface area contributed by atoms with Crippen LogP contribution in [0.3, 0.4) is 0 Å². The van der Waals surface area contributed by atoms with Crippen molar-refractivity contribution in [3.63, 3.8) is 0 Å². The van der Waals surface area contributed by atoms with Gasteiger partial charge in [-0.15, -0.1) is 0 Å². The highest BCUT2D eigenvalue weighted by Crippen LogP contribution is 2.42. The lowest BCUT2D eigenvalue weighted by Crippen LogP contribution is -2.04. The van der Waals surface area contributed by atoms with E-state index in [0.29, 0.717) is 5.75 Å². The van der Waals surface area contributed by atoms with Gasteiger partial charge >= 0.3 is 0 Å². The van der Waals surface area contributed by atoms with Crippen LogP contribution in [0.4, 0.5) is 0 Å². The van der Waals surface area contributed by atoms with Gasteiger partial charge in [0.2, 0.25) is 0 Å². The molecular formula is C24H24O3. The summed E-state index contributed by atoms with van der Waals surface area (Å²) in [4.78, 5) is 0.